The van der Waals surface area contributed by atoms with Crippen molar-refractivity contribution < 1.29 is 0 Å². The quantitative estimate of drug-likeness (QED) is 0.881. The fraction of sp³-hybridized carbons (Fsp3) is 0.571. The Balaban J connectivity index is 2.31. The van der Waals surface area contributed by atoms with Crippen molar-refractivity contribution >= 4 is 5.82 Å². The fourth-order valence-corrected chi connectivity index (χ4v) is 2.53. The zero-order valence-electron chi connectivity index (χ0n) is 11.1. The van der Waals surface area contributed by atoms with Gasteiger partial charge in [0.15, 0.2) is 0 Å². The molecule has 96 valence electrons. The van der Waals surface area contributed by atoms with Gasteiger partial charge in [0.05, 0.1) is 5.56 Å². The van der Waals surface area contributed by atoms with E-state index in [4.69, 9.17) is 0 Å². The second-order valence-corrected chi connectivity index (χ2v) is 4.72. The molecule has 1 N–H and O–H groups in total. The molecule has 0 bridgehead atoms. The molecule has 4 nitrogen and oxygen atoms in total. The van der Waals surface area contributed by atoms with Crippen LogP contribution in [0.4, 0.5) is 5.82 Å². The Hall–Kier alpha value is -1.60. The minimum atomic E-state index is 0.449. The molecule has 0 radical (unpaired) electrons. The van der Waals surface area contributed by atoms with E-state index in [0.29, 0.717) is 11.6 Å². The molecule has 1 saturated heterocycles. The van der Waals surface area contributed by atoms with E-state index in [1.807, 2.05) is 19.1 Å². The van der Waals surface area contributed by atoms with Crippen LogP contribution in [-0.4, -0.2) is 30.7 Å². The van der Waals surface area contributed by atoms with Crippen molar-refractivity contribution in [2.45, 2.75) is 32.7 Å². The van der Waals surface area contributed by atoms with Gasteiger partial charge in [0.1, 0.15) is 11.9 Å². The molecule has 4 heteroatoms. The van der Waals surface area contributed by atoms with Gasteiger partial charge in [-0.2, -0.15) is 5.26 Å². The molecule has 0 aromatic carbocycles. The highest BCUT2D eigenvalue weighted by atomic mass is 15.2. The van der Waals surface area contributed by atoms with E-state index in [1.54, 1.807) is 0 Å². The Bertz CT molecular complexity index is 444. The average molecular weight is 244 g/mol. The molecule has 2 rings (SSSR count). The Kier molecular flexibility index (Phi) is 4.16. The first-order chi connectivity index (χ1) is 8.76. The minimum Gasteiger partial charge on any atom is -0.352 e. The number of hydrogen-bond donors (Lipinski definition) is 1. The molecule has 1 aromatic heterocycles. The fourth-order valence-electron chi connectivity index (χ4n) is 2.53. The lowest BCUT2D eigenvalue weighted by atomic mass is 10.1. The van der Waals surface area contributed by atoms with Crippen LogP contribution in [0.1, 0.15) is 31.0 Å². The number of anilines is 1. The highest BCUT2D eigenvalue weighted by Gasteiger charge is 2.23. The molecule has 0 amide bonds. The number of likely N-dealkylation sites (N-methyl/N-ethyl adjacent to an activating group) is 1. The molecular formula is C14H20N4. The smallest absolute Gasteiger partial charge is 0.147 e. The summed E-state index contributed by atoms with van der Waals surface area (Å²) in [7, 11) is 0. The highest BCUT2D eigenvalue weighted by Crippen LogP contribution is 2.22. The summed E-state index contributed by atoms with van der Waals surface area (Å²) in [6, 6.07) is 6.47. The molecule has 1 unspecified atom stereocenters. The topological polar surface area (TPSA) is 52.0 Å². The Morgan fingerprint density at radius 3 is 3.00 bits per heavy atom. The number of hydrogen-bond acceptors (Lipinski definition) is 4. The summed E-state index contributed by atoms with van der Waals surface area (Å²) in [5, 5.41) is 12.6. The van der Waals surface area contributed by atoms with Gasteiger partial charge in [0.2, 0.25) is 0 Å². The number of aromatic nitrogens is 1. The maximum Gasteiger partial charge on any atom is 0.147 e. The Labute approximate surface area is 109 Å². The molecule has 1 aromatic rings. The minimum absolute atomic E-state index is 0.449. The average Bonchev–Trinajstić information content (AvgIpc) is 2.41. The second-order valence-electron chi connectivity index (χ2n) is 4.72. The molecule has 18 heavy (non-hydrogen) atoms. The Morgan fingerprint density at radius 2 is 2.39 bits per heavy atom. The maximum atomic E-state index is 9.22. The van der Waals surface area contributed by atoms with Crippen molar-refractivity contribution in [3.63, 3.8) is 0 Å². The van der Waals surface area contributed by atoms with Crippen molar-refractivity contribution in [1.29, 1.82) is 5.26 Å². The third kappa shape index (κ3) is 2.62. The second kappa shape index (κ2) is 5.83. The standard InChI is InChI=1S/C14H20N4/c1-3-18(13-5-4-8-16-10-13)14-12(9-15)7-6-11(2)17-14/h6-7,13,16H,3-5,8,10H2,1-2H3. The zero-order chi connectivity index (χ0) is 13.0. The summed E-state index contributed by atoms with van der Waals surface area (Å²) in [6.45, 7) is 7.06. The number of nitriles is 1. The third-order valence-electron chi connectivity index (χ3n) is 3.46. The number of pyridine rings is 1. The molecular weight excluding hydrogens is 224 g/mol. The predicted octanol–water partition coefficient (Wildman–Crippen LogP) is 1.84. The van der Waals surface area contributed by atoms with Gasteiger partial charge in [0, 0.05) is 24.8 Å². The molecule has 1 aliphatic heterocycles. The van der Waals surface area contributed by atoms with E-state index in [-0.39, 0.29) is 0 Å². The monoisotopic (exact) mass is 244 g/mol. The summed E-state index contributed by atoms with van der Waals surface area (Å²) in [4.78, 5) is 6.83. The number of nitrogens with one attached hydrogen (secondary N) is 1. The number of piperidine rings is 1. The van der Waals surface area contributed by atoms with E-state index < -0.39 is 0 Å². The largest absolute Gasteiger partial charge is 0.352 e. The van der Waals surface area contributed by atoms with Crippen LogP contribution >= 0.6 is 0 Å². The van der Waals surface area contributed by atoms with Gasteiger partial charge in [-0.1, -0.05) is 0 Å². The van der Waals surface area contributed by atoms with Crippen molar-refractivity contribution in [2.24, 2.45) is 0 Å². The first kappa shape index (κ1) is 12.8. The zero-order valence-corrected chi connectivity index (χ0v) is 11.1. The summed E-state index contributed by atoms with van der Waals surface area (Å²) in [5.74, 6) is 0.841. The van der Waals surface area contributed by atoms with Crippen LogP contribution in [0, 0.1) is 18.3 Å². The van der Waals surface area contributed by atoms with Crippen LogP contribution in [0.25, 0.3) is 0 Å². The van der Waals surface area contributed by atoms with Crippen molar-refractivity contribution in [3.05, 3.63) is 23.4 Å². The van der Waals surface area contributed by atoms with Crippen molar-refractivity contribution in [3.8, 4) is 6.07 Å². The van der Waals surface area contributed by atoms with Crippen LogP contribution in [-0.2, 0) is 0 Å². The van der Waals surface area contributed by atoms with Gasteiger partial charge in [-0.05, 0) is 45.4 Å². The summed E-state index contributed by atoms with van der Waals surface area (Å²) < 4.78 is 0. The van der Waals surface area contributed by atoms with E-state index in [0.717, 1.165) is 31.1 Å². The van der Waals surface area contributed by atoms with Crippen LogP contribution in [0.15, 0.2) is 12.1 Å². The lowest BCUT2D eigenvalue weighted by Crippen LogP contribution is -2.46. The van der Waals surface area contributed by atoms with Gasteiger partial charge in [-0.15, -0.1) is 0 Å². The van der Waals surface area contributed by atoms with Crippen LogP contribution < -0.4 is 10.2 Å². The van der Waals surface area contributed by atoms with Gasteiger partial charge >= 0.3 is 0 Å². The summed E-state index contributed by atoms with van der Waals surface area (Å²) in [5.41, 5.74) is 1.64. The molecule has 2 heterocycles. The highest BCUT2D eigenvalue weighted by molar-refractivity contribution is 5.55. The normalized spacial score (nSPS) is 19.3. The molecule has 1 atom stereocenters. The molecule has 0 saturated carbocycles. The first-order valence-electron chi connectivity index (χ1n) is 6.61. The van der Waals surface area contributed by atoms with Gasteiger partial charge in [-0.3, -0.25) is 0 Å². The number of rotatable bonds is 3. The summed E-state index contributed by atoms with van der Waals surface area (Å²) >= 11 is 0. The van der Waals surface area contributed by atoms with Crippen LogP contribution in [0.5, 0.6) is 0 Å². The number of aryl methyl sites for hydroxylation is 1. The van der Waals surface area contributed by atoms with Gasteiger partial charge in [0.25, 0.3) is 0 Å². The molecule has 1 fully saturated rings. The summed E-state index contributed by atoms with van der Waals surface area (Å²) in [6.07, 6.45) is 2.36. The number of nitrogens with zero attached hydrogens (tertiary/aromatic N) is 3. The van der Waals surface area contributed by atoms with Crippen LogP contribution in [0.3, 0.4) is 0 Å². The maximum absolute atomic E-state index is 9.22. The van der Waals surface area contributed by atoms with Gasteiger partial charge in [-0.25, -0.2) is 4.98 Å². The molecule has 1 aliphatic rings. The van der Waals surface area contributed by atoms with Crippen molar-refractivity contribution in [1.82, 2.24) is 10.3 Å². The van der Waals surface area contributed by atoms with Gasteiger partial charge < -0.3 is 10.2 Å². The Morgan fingerprint density at radius 1 is 1.56 bits per heavy atom. The predicted molar refractivity (Wildman–Crippen MR) is 72.6 cm³/mol. The lowest BCUT2D eigenvalue weighted by molar-refractivity contribution is 0.433. The van der Waals surface area contributed by atoms with E-state index in [9.17, 15) is 5.26 Å². The van der Waals surface area contributed by atoms with Crippen LogP contribution in [0.2, 0.25) is 0 Å². The third-order valence-corrected chi connectivity index (χ3v) is 3.46. The first-order valence-corrected chi connectivity index (χ1v) is 6.61. The van der Waals surface area contributed by atoms with E-state index in [2.05, 4.69) is 28.2 Å². The SMILES string of the molecule is CCN(c1nc(C)ccc1C#N)C1CCCNC1. The van der Waals surface area contributed by atoms with E-state index >= 15 is 0 Å². The molecule has 0 aliphatic carbocycles. The molecule has 0 spiro atoms. The van der Waals surface area contributed by atoms with E-state index in [1.165, 1.54) is 12.8 Å². The van der Waals surface area contributed by atoms with Crippen molar-refractivity contribution in [2.75, 3.05) is 24.5 Å². The lowest BCUT2D eigenvalue weighted by Gasteiger charge is -2.35.